The molecule has 1 rings (SSSR count). The number of rotatable bonds is 9. The van der Waals surface area contributed by atoms with Crippen molar-refractivity contribution >= 4 is 0 Å². The Morgan fingerprint density at radius 3 is 2.12 bits per heavy atom. The largest absolute Gasteiger partial charge is 0.314 e. The van der Waals surface area contributed by atoms with Gasteiger partial charge in [0.25, 0.3) is 0 Å². The molecule has 1 aliphatic carbocycles. The fourth-order valence-corrected chi connectivity index (χ4v) is 2.57. The lowest BCUT2D eigenvalue weighted by Gasteiger charge is -2.38. The summed E-state index contributed by atoms with van der Waals surface area (Å²) in [6.45, 7) is 15.2. The van der Waals surface area contributed by atoms with Gasteiger partial charge in [0, 0.05) is 25.2 Å². The Morgan fingerprint density at radius 2 is 1.76 bits per heavy atom. The van der Waals surface area contributed by atoms with Crippen LogP contribution in [0.1, 0.15) is 60.3 Å². The van der Waals surface area contributed by atoms with Crippen molar-refractivity contribution < 1.29 is 0 Å². The third kappa shape index (κ3) is 4.59. The molecule has 0 aromatic carbocycles. The van der Waals surface area contributed by atoms with Crippen LogP contribution >= 0.6 is 0 Å². The first-order valence-electron chi connectivity index (χ1n) is 7.54. The van der Waals surface area contributed by atoms with Crippen molar-refractivity contribution in [3.05, 3.63) is 0 Å². The number of nitrogens with one attached hydrogen (secondary N) is 1. The Bertz CT molecular complexity index is 205. The monoisotopic (exact) mass is 240 g/mol. The summed E-state index contributed by atoms with van der Waals surface area (Å²) < 4.78 is 0. The Morgan fingerprint density at radius 1 is 1.18 bits per heavy atom. The van der Waals surface area contributed by atoms with Gasteiger partial charge in [0.2, 0.25) is 0 Å². The van der Waals surface area contributed by atoms with Crippen LogP contribution in [0.25, 0.3) is 0 Å². The maximum atomic E-state index is 3.65. The molecule has 0 aromatic heterocycles. The number of hydrogen-bond acceptors (Lipinski definition) is 2. The molecule has 0 aromatic rings. The third-order valence-corrected chi connectivity index (χ3v) is 4.39. The zero-order valence-corrected chi connectivity index (χ0v) is 12.6. The first-order valence-corrected chi connectivity index (χ1v) is 7.54. The maximum absolute atomic E-state index is 3.65. The lowest BCUT2D eigenvalue weighted by atomic mass is 9.81. The quantitative estimate of drug-likeness (QED) is 0.665. The Kier molecular flexibility index (Phi) is 5.94. The summed E-state index contributed by atoms with van der Waals surface area (Å²) in [6, 6.07) is 1.50. The van der Waals surface area contributed by atoms with Crippen LogP contribution in [0.4, 0.5) is 0 Å². The van der Waals surface area contributed by atoms with Crippen LogP contribution in [0.3, 0.4) is 0 Å². The standard InChI is InChI=1S/C15H32N2/c1-6-15(7-2,11-16-13(4)5)12-17(8-3)14-9-10-14/h13-14,16H,6-12H2,1-5H3. The van der Waals surface area contributed by atoms with Crippen LogP contribution in [0.2, 0.25) is 0 Å². The van der Waals surface area contributed by atoms with Crippen LogP contribution in [0.5, 0.6) is 0 Å². The van der Waals surface area contributed by atoms with Crippen LogP contribution in [-0.2, 0) is 0 Å². The van der Waals surface area contributed by atoms with E-state index in [4.69, 9.17) is 0 Å². The molecule has 1 saturated carbocycles. The van der Waals surface area contributed by atoms with Gasteiger partial charge in [-0.15, -0.1) is 0 Å². The van der Waals surface area contributed by atoms with Crippen LogP contribution in [0, 0.1) is 5.41 Å². The molecule has 1 fully saturated rings. The molecule has 2 heteroatoms. The lowest BCUT2D eigenvalue weighted by Crippen LogP contribution is -2.45. The molecule has 1 aliphatic rings. The van der Waals surface area contributed by atoms with Gasteiger partial charge in [0.15, 0.2) is 0 Å². The van der Waals surface area contributed by atoms with E-state index in [1.54, 1.807) is 0 Å². The molecule has 1 N–H and O–H groups in total. The van der Waals surface area contributed by atoms with E-state index in [9.17, 15) is 0 Å². The predicted molar refractivity (Wildman–Crippen MR) is 76.4 cm³/mol. The summed E-state index contributed by atoms with van der Waals surface area (Å²) in [6.07, 6.45) is 5.42. The zero-order chi connectivity index (χ0) is 12.9. The molecule has 0 radical (unpaired) electrons. The van der Waals surface area contributed by atoms with Crippen molar-refractivity contribution in [3.8, 4) is 0 Å². The molecule has 17 heavy (non-hydrogen) atoms. The van der Waals surface area contributed by atoms with Crippen molar-refractivity contribution in [2.75, 3.05) is 19.6 Å². The summed E-state index contributed by atoms with van der Waals surface area (Å²) in [4.78, 5) is 2.70. The second-order valence-corrected chi connectivity index (χ2v) is 6.04. The van der Waals surface area contributed by atoms with Gasteiger partial charge < -0.3 is 10.2 Å². The van der Waals surface area contributed by atoms with Crippen LogP contribution in [-0.4, -0.2) is 36.6 Å². The van der Waals surface area contributed by atoms with Gasteiger partial charge in [0.1, 0.15) is 0 Å². The van der Waals surface area contributed by atoms with Gasteiger partial charge in [-0.05, 0) is 37.6 Å². The van der Waals surface area contributed by atoms with Gasteiger partial charge in [-0.2, -0.15) is 0 Å². The van der Waals surface area contributed by atoms with E-state index in [1.165, 1.54) is 45.3 Å². The van der Waals surface area contributed by atoms with Gasteiger partial charge in [-0.25, -0.2) is 0 Å². The van der Waals surface area contributed by atoms with Gasteiger partial charge in [-0.3, -0.25) is 0 Å². The van der Waals surface area contributed by atoms with Crippen LogP contribution in [0.15, 0.2) is 0 Å². The molecule has 2 nitrogen and oxygen atoms in total. The normalized spacial score (nSPS) is 17.1. The van der Waals surface area contributed by atoms with Gasteiger partial charge in [0.05, 0.1) is 0 Å². The van der Waals surface area contributed by atoms with E-state index < -0.39 is 0 Å². The summed E-state index contributed by atoms with van der Waals surface area (Å²) in [7, 11) is 0. The zero-order valence-electron chi connectivity index (χ0n) is 12.6. The summed E-state index contributed by atoms with van der Waals surface area (Å²) in [5, 5.41) is 3.65. The van der Waals surface area contributed by atoms with Crippen molar-refractivity contribution in [2.24, 2.45) is 5.41 Å². The highest BCUT2D eigenvalue weighted by Crippen LogP contribution is 2.33. The Hall–Kier alpha value is -0.0800. The topological polar surface area (TPSA) is 15.3 Å². The second-order valence-electron chi connectivity index (χ2n) is 6.04. The van der Waals surface area contributed by atoms with Crippen molar-refractivity contribution in [1.82, 2.24) is 10.2 Å². The van der Waals surface area contributed by atoms with Gasteiger partial charge in [-0.1, -0.05) is 34.6 Å². The molecule has 0 bridgehead atoms. The highest BCUT2D eigenvalue weighted by atomic mass is 15.2. The minimum absolute atomic E-state index is 0.475. The molecule has 0 amide bonds. The molecule has 0 spiro atoms. The maximum Gasteiger partial charge on any atom is 0.00965 e. The molecule has 0 heterocycles. The van der Waals surface area contributed by atoms with E-state index in [1.807, 2.05) is 0 Å². The van der Waals surface area contributed by atoms with E-state index in [0.717, 1.165) is 6.04 Å². The van der Waals surface area contributed by atoms with Crippen molar-refractivity contribution in [1.29, 1.82) is 0 Å². The fourth-order valence-electron chi connectivity index (χ4n) is 2.57. The molecule has 0 aliphatic heterocycles. The van der Waals surface area contributed by atoms with Crippen LogP contribution < -0.4 is 5.32 Å². The summed E-state index contributed by atoms with van der Waals surface area (Å²) in [5.41, 5.74) is 0.475. The summed E-state index contributed by atoms with van der Waals surface area (Å²) in [5.74, 6) is 0. The molecular weight excluding hydrogens is 208 g/mol. The Balaban J connectivity index is 2.54. The minimum Gasteiger partial charge on any atom is -0.314 e. The first kappa shape index (κ1) is 15.0. The molecule has 0 saturated heterocycles. The number of hydrogen-bond donors (Lipinski definition) is 1. The van der Waals surface area contributed by atoms with Crippen molar-refractivity contribution in [3.63, 3.8) is 0 Å². The van der Waals surface area contributed by atoms with Crippen molar-refractivity contribution in [2.45, 2.75) is 72.4 Å². The first-order chi connectivity index (χ1) is 8.06. The predicted octanol–water partition coefficient (Wildman–Crippen LogP) is 3.28. The van der Waals surface area contributed by atoms with E-state index >= 15 is 0 Å². The average Bonchev–Trinajstić information content (AvgIpc) is 3.14. The Labute approximate surface area is 108 Å². The number of nitrogens with zero attached hydrogens (tertiary/aromatic N) is 1. The van der Waals surface area contributed by atoms with Gasteiger partial charge >= 0.3 is 0 Å². The third-order valence-electron chi connectivity index (χ3n) is 4.39. The molecule has 102 valence electrons. The highest BCUT2D eigenvalue weighted by molar-refractivity contribution is 4.90. The van der Waals surface area contributed by atoms with E-state index in [2.05, 4.69) is 44.8 Å². The molecule has 0 unspecified atom stereocenters. The minimum atomic E-state index is 0.475. The highest BCUT2D eigenvalue weighted by Gasteiger charge is 2.34. The molecular formula is C15H32N2. The smallest absolute Gasteiger partial charge is 0.00965 e. The average molecular weight is 240 g/mol. The second kappa shape index (κ2) is 6.75. The van der Waals surface area contributed by atoms with E-state index in [0.29, 0.717) is 11.5 Å². The fraction of sp³-hybridized carbons (Fsp3) is 1.00. The molecule has 0 atom stereocenters. The lowest BCUT2D eigenvalue weighted by molar-refractivity contribution is 0.130. The summed E-state index contributed by atoms with van der Waals surface area (Å²) >= 11 is 0. The SMILES string of the molecule is CCN(CC(CC)(CC)CNC(C)C)C1CC1. The van der Waals surface area contributed by atoms with E-state index in [-0.39, 0.29) is 0 Å².